The highest BCUT2D eigenvalue weighted by atomic mass is 19.1. The second kappa shape index (κ2) is 18.3. The lowest BCUT2D eigenvalue weighted by atomic mass is 9.96. The minimum Gasteiger partial charge on any atom is -0.370 e. The molecule has 44 heavy (non-hydrogen) atoms. The summed E-state index contributed by atoms with van der Waals surface area (Å²) >= 11 is 0. The van der Waals surface area contributed by atoms with Gasteiger partial charge in [-0.15, -0.1) is 0 Å². The Kier molecular flexibility index (Phi) is 13.8. The van der Waals surface area contributed by atoms with Crippen LogP contribution in [0.1, 0.15) is 54.8 Å². The molecule has 2 aliphatic rings. The Balaban J connectivity index is 0.000000265. The molecule has 8 heteroatoms. The third-order valence-electron chi connectivity index (χ3n) is 8.31. The number of hydrogen-bond acceptors (Lipinski definition) is 4. The van der Waals surface area contributed by atoms with Crippen molar-refractivity contribution in [1.29, 1.82) is 5.41 Å². The van der Waals surface area contributed by atoms with Crippen molar-refractivity contribution in [3.8, 4) is 0 Å². The van der Waals surface area contributed by atoms with Gasteiger partial charge in [0.2, 0.25) is 0 Å². The van der Waals surface area contributed by atoms with Gasteiger partial charge < -0.3 is 16.0 Å². The summed E-state index contributed by atoms with van der Waals surface area (Å²) in [6.45, 7) is 8.86. The molecule has 3 aromatic carbocycles. The number of nitrogens with two attached hydrogens (primary N) is 1. The first-order valence-electron chi connectivity index (χ1n) is 16.0. The molecule has 0 radical (unpaired) electrons. The predicted molar refractivity (Wildman–Crippen MR) is 178 cm³/mol. The van der Waals surface area contributed by atoms with E-state index in [1.165, 1.54) is 75.0 Å². The lowest BCUT2D eigenvalue weighted by Crippen LogP contribution is -2.47. The molecule has 0 saturated carbocycles. The summed E-state index contributed by atoms with van der Waals surface area (Å²) in [4.78, 5) is 7.30. The van der Waals surface area contributed by atoms with E-state index in [0.717, 1.165) is 56.9 Å². The van der Waals surface area contributed by atoms with Crippen LogP contribution in [-0.4, -0.2) is 79.6 Å². The van der Waals surface area contributed by atoms with E-state index in [1.807, 2.05) is 42.5 Å². The third kappa shape index (κ3) is 11.5. The maximum Gasteiger partial charge on any atom is 0.185 e. The highest BCUT2D eigenvalue weighted by Crippen LogP contribution is 2.30. The quantitative estimate of drug-likeness (QED) is 0.203. The molecule has 0 spiro atoms. The standard InChI is InChI=1S/C26H26F2N2.C10H22N4/c27-24-12-8-22(9-13-24)26(23-10-14-25(28)15-11-23)30-19-17-29(18-20-30)16-4-7-21-5-2-1-3-6-21;11-10(12)13-6-9-14-7-4-2-1-3-5-8-14/h1-15,26H,16-20H2;1-9H2,(H4,11,12,13)/b7-4+;. The summed E-state index contributed by atoms with van der Waals surface area (Å²) in [5.74, 6) is -0.407. The first kappa shape index (κ1) is 33.3. The van der Waals surface area contributed by atoms with Gasteiger partial charge in [-0.2, -0.15) is 0 Å². The number of rotatable bonds is 9. The molecule has 2 saturated heterocycles. The maximum atomic E-state index is 13.5. The fourth-order valence-electron chi connectivity index (χ4n) is 5.90. The maximum absolute atomic E-state index is 13.5. The SMILES string of the molecule is Fc1ccc(C(c2ccc(F)cc2)N2CCN(C/C=C/c3ccccc3)CC2)cc1.N=C(N)NCCN1CCCCCCC1. The van der Waals surface area contributed by atoms with Crippen molar-refractivity contribution in [2.45, 2.75) is 38.1 Å². The topological polar surface area (TPSA) is 71.6 Å². The summed E-state index contributed by atoms with van der Waals surface area (Å²) in [6, 6.07) is 23.6. The molecule has 2 heterocycles. The van der Waals surface area contributed by atoms with Gasteiger partial charge in [-0.05, 0) is 66.9 Å². The summed E-state index contributed by atoms with van der Waals surface area (Å²) in [6.07, 6.45) is 11.2. The molecule has 0 aromatic heterocycles. The Labute approximate surface area is 262 Å². The molecule has 0 bridgehead atoms. The number of guanidine groups is 1. The van der Waals surface area contributed by atoms with Crippen molar-refractivity contribution in [2.24, 2.45) is 5.73 Å². The zero-order chi connectivity index (χ0) is 31.0. The molecule has 2 aliphatic heterocycles. The molecule has 2 fully saturated rings. The van der Waals surface area contributed by atoms with E-state index in [9.17, 15) is 8.78 Å². The minimum absolute atomic E-state index is 0.00629. The number of halogens is 2. The molecular weight excluding hydrogens is 554 g/mol. The average Bonchev–Trinajstić information content (AvgIpc) is 3.02. The van der Waals surface area contributed by atoms with Gasteiger partial charge in [0.05, 0.1) is 6.04 Å². The molecular formula is C36H48F2N6. The van der Waals surface area contributed by atoms with Gasteiger partial charge >= 0.3 is 0 Å². The molecule has 0 atom stereocenters. The fraction of sp³-hybridized carbons (Fsp3) is 0.417. The number of likely N-dealkylation sites (tertiary alicyclic amines) is 1. The van der Waals surface area contributed by atoms with E-state index in [1.54, 1.807) is 0 Å². The van der Waals surface area contributed by atoms with Gasteiger partial charge in [0.25, 0.3) is 0 Å². The van der Waals surface area contributed by atoms with Crippen molar-refractivity contribution >= 4 is 12.0 Å². The molecule has 4 N–H and O–H groups in total. The van der Waals surface area contributed by atoms with Gasteiger partial charge in [-0.3, -0.25) is 15.2 Å². The van der Waals surface area contributed by atoms with Crippen LogP contribution >= 0.6 is 0 Å². The van der Waals surface area contributed by atoms with E-state index < -0.39 is 0 Å². The lowest BCUT2D eigenvalue weighted by Gasteiger charge is -2.39. The van der Waals surface area contributed by atoms with Crippen molar-refractivity contribution in [3.05, 3.63) is 113 Å². The van der Waals surface area contributed by atoms with E-state index >= 15 is 0 Å². The molecule has 6 nitrogen and oxygen atoms in total. The minimum atomic E-state index is -0.244. The van der Waals surface area contributed by atoms with Crippen LogP contribution in [0.4, 0.5) is 8.78 Å². The second-order valence-electron chi connectivity index (χ2n) is 11.6. The fourth-order valence-corrected chi connectivity index (χ4v) is 5.90. The van der Waals surface area contributed by atoms with Gasteiger partial charge in [0, 0.05) is 45.8 Å². The lowest BCUT2D eigenvalue weighted by molar-refractivity contribution is 0.118. The monoisotopic (exact) mass is 602 g/mol. The summed E-state index contributed by atoms with van der Waals surface area (Å²) in [5.41, 5.74) is 8.49. The second-order valence-corrected chi connectivity index (χ2v) is 11.6. The molecule has 0 aliphatic carbocycles. The average molecular weight is 603 g/mol. The van der Waals surface area contributed by atoms with Crippen LogP contribution < -0.4 is 11.1 Å². The van der Waals surface area contributed by atoms with E-state index in [-0.39, 0.29) is 23.6 Å². The molecule has 3 aromatic rings. The van der Waals surface area contributed by atoms with Crippen molar-refractivity contribution < 1.29 is 8.78 Å². The predicted octanol–water partition coefficient (Wildman–Crippen LogP) is 6.12. The van der Waals surface area contributed by atoms with Gasteiger partial charge in [0.15, 0.2) is 5.96 Å². The summed E-state index contributed by atoms with van der Waals surface area (Å²) < 4.78 is 26.9. The van der Waals surface area contributed by atoms with Crippen LogP contribution in [0.5, 0.6) is 0 Å². The number of hydrogen-bond donors (Lipinski definition) is 3. The zero-order valence-electron chi connectivity index (χ0n) is 25.8. The Morgan fingerprint density at radius 3 is 1.82 bits per heavy atom. The Bertz CT molecular complexity index is 1200. The normalized spacial score (nSPS) is 17.1. The van der Waals surface area contributed by atoms with E-state index in [4.69, 9.17) is 11.1 Å². The van der Waals surface area contributed by atoms with Crippen LogP contribution in [0.3, 0.4) is 0 Å². The van der Waals surface area contributed by atoms with E-state index in [2.05, 4.69) is 44.3 Å². The highest BCUT2D eigenvalue weighted by Gasteiger charge is 2.26. The Morgan fingerprint density at radius 1 is 0.727 bits per heavy atom. The third-order valence-corrected chi connectivity index (χ3v) is 8.31. The number of benzene rings is 3. The van der Waals surface area contributed by atoms with Crippen LogP contribution in [0.25, 0.3) is 6.08 Å². The largest absolute Gasteiger partial charge is 0.370 e. The number of piperazine rings is 1. The first-order valence-corrected chi connectivity index (χ1v) is 16.0. The Morgan fingerprint density at radius 2 is 1.27 bits per heavy atom. The van der Waals surface area contributed by atoms with Crippen LogP contribution in [-0.2, 0) is 0 Å². The number of nitrogens with one attached hydrogen (secondary N) is 2. The molecule has 0 unspecified atom stereocenters. The van der Waals surface area contributed by atoms with Gasteiger partial charge in [-0.1, -0.05) is 86.0 Å². The van der Waals surface area contributed by atoms with Crippen molar-refractivity contribution in [2.75, 3.05) is 58.9 Å². The van der Waals surface area contributed by atoms with E-state index in [0.29, 0.717) is 0 Å². The molecule has 5 rings (SSSR count). The van der Waals surface area contributed by atoms with Crippen LogP contribution in [0.2, 0.25) is 0 Å². The van der Waals surface area contributed by atoms with Crippen LogP contribution in [0, 0.1) is 17.0 Å². The molecule has 236 valence electrons. The molecule has 0 amide bonds. The van der Waals surface area contributed by atoms with Gasteiger partial charge in [-0.25, -0.2) is 8.78 Å². The summed E-state index contributed by atoms with van der Waals surface area (Å²) in [5, 5.41) is 9.89. The smallest absolute Gasteiger partial charge is 0.185 e. The number of nitrogens with zero attached hydrogens (tertiary/aromatic N) is 3. The Hall–Kier alpha value is -3.59. The van der Waals surface area contributed by atoms with Crippen molar-refractivity contribution in [1.82, 2.24) is 20.0 Å². The zero-order valence-corrected chi connectivity index (χ0v) is 25.8. The van der Waals surface area contributed by atoms with Crippen molar-refractivity contribution in [3.63, 3.8) is 0 Å². The van der Waals surface area contributed by atoms with Gasteiger partial charge in [0.1, 0.15) is 11.6 Å². The van der Waals surface area contributed by atoms with Crippen LogP contribution in [0.15, 0.2) is 84.9 Å². The highest BCUT2D eigenvalue weighted by molar-refractivity contribution is 5.74. The first-order chi connectivity index (χ1) is 21.5. The summed E-state index contributed by atoms with van der Waals surface area (Å²) in [7, 11) is 0.